The molecule has 0 unspecified atom stereocenters. The van der Waals surface area contributed by atoms with E-state index in [2.05, 4.69) is 5.32 Å². The van der Waals surface area contributed by atoms with Crippen LogP contribution in [0.5, 0.6) is 0 Å². The summed E-state index contributed by atoms with van der Waals surface area (Å²) >= 11 is 10.8. The van der Waals surface area contributed by atoms with Crippen molar-refractivity contribution in [3.05, 3.63) is 58.6 Å². The number of halogens is 4. The molecule has 0 amide bonds. The Morgan fingerprint density at radius 2 is 1.86 bits per heavy atom. The van der Waals surface area contributed by atoms with Gasteiger partial charge in [-0.05, 0) is 36.4 Å². The van der Waals surface area contributed by atoms with Gasteiger partial charge in [-0.1, -0.05) is 29.9 Å². The van der Waals surface area contributed by atoms with Crippen LogP contribution < -0.4 is 11.1 Å². The van der Waals surface area contributed by atoms with Crippen LogP contribution in [0.15, 0.2) is 42.5 Å². The first-order valence-electron chi connectivity index (χ1n) is 5.81. The summed E-state index contributed by atoms with van der Waals surface area (Å²) in [5.74, 6) is 0. The maximum atomic E-state index is 12.7. The largest absolute Gasteiger partial charge is 0.416 e. The van der Waals surface area contributed by atoms with Gasteiger partial charge in [-0.2, -0.15) is 13.2 Å². The summed E-state index contributed by atoms with van der Waals surface area (Å²) in [6.07, 6.45) is -4.40. The fraction of sp³-hybridized carbons (Fsp3) is 0.0714. The highest BCUT2D eigenvalue weighted by Gasteiger charge is 2.30. The molecule has 0 heterocycles. The fourth-order valence-electron chi connectivity index (χ4n) is 1.76. The second kappa shape index (κ2) is 5.91. The van der Waals surface area contributed by atoms with Crippen molar-refractivity contribution >= 4 is 40.2 Å². The molecule has 0 atom stereocenters. The summed E-state index contributed by atoms with van der Waals surface area (Å²) in [6, 6.07) is 9.62. The van der Waals surface area contributed by atoms with Gasteiger partial charge < -0.3 is 11.1 Å². The van der Waals surface area contributed by atoms with Crippen molar-refractivity contribution in [3.63, 3.8) is 0 Å². The minimum absolute atomic E-state index is 0.104. The van der Waals surface area contributed by atoms with Gasteiger partial charge in [0.05, 0.1) is 5.56 Å². The van der Waals surface area contributed by atoms with E-state index < -0.39 is 11.7 Å². The predicted octanol–water partition coefficient (Wildman–Crippen LogP) is 4.74. The van der Waals surface area contributed by atoms with Crippen molar-refractivity contribution in [2.75, 3.05) is 5.32 Å². The molecule has 0 aliphatic rings. The Balaban J connectivity index is 2.37. The summed E-state index contributed by atoms with van der Waals surface area (Å²) in [4.78, 5) is 0.104. The van der Waals surface area contributed by atoms with Crippen molar-refractivity contribution < 1.29 is 13.2 Å². The number of nitrogens with one attached hydrogen (secondary N) is 1. The maximum absolute atomic E-state index is 12.7. The minimum atomic E-state index is -4.40. The molecule has 0 saturated heterocycles. The van der Waals surface area contributed by atoms with Crippen molar-refractivity contribution in [1.82, 2.24) is 0 Å². The summed E-state index contributed by atoms with van der Waals surface area (Å²) < 4.78 is 38.0. The molecule has 0 aliphatic carbocycles. The number of alkyl halides is 3. The zero-order valence-electron chi connectivity index (χ0n) is 10.5. The van der Waals surface area contributed by atoms with Crippen molar-refractivity contribution in [2.45, 2.75) is 6.18 Å². The average molecular weight is 331 g/mol. The average Bonchev–Trinajstić information content (AvgIpc) is 2.40. The van der Waals surface area contributed by atoms with E-state index in [1.54, 1.807) is 18.2 Å². The SMILES string of the molecule is NC(=S)c1cc(Cl)ccc1Nc1cccc(C(F)(F)F)c1. The number of anilines is 2. The van der Waals surface area contributed by atoms with Crippen LogP contribution in [0, 0.1) is 0 Å². The lowest BCUT2D eigenvalue weighted by atomic mass is 10.1. The summed E-state index contributed by atoms with van der Waals surface area (Å²) in [7, 11) is 0. The first kappa shape index (κ1) is 15.6. The third-order valence-corrected chi connectivity index (χ3v) is 3.17. The molecule has 0 radical (unpaired) electrons. The van der Waals surface area contributed by atoms with Gasteiger partial charge >= 0.3 is 6.18 Å². The van der Waals surface area contributed by atoms with E-state index in [1.807, 2.05) is 0 Å². The molecule has 2 aromatic rings. The van der Waals surface area contributed by atoms with Gasteiger partial charge in [0.1, 0.15) is 4.99 Å². The quantitative estimate of drug-likeness (QED) is 0.798. The highest BCUT2D eigenvalue weighted by atomic mass is 35.5. The molecule has 0 fully saturated rings. The van der Waals surface area contributed by atoms with Crippen LogP contribution in [0.25, 0.3) is 0 Å². The van der Waals surface area contributed by atoms with Crippen molar-refractivity contribution in [2.24, 2.45) is 5.73 Å². The number of nitrogens with two attached hydrogens (primary N) is 1. The highest BCUT2D eigenvalue weighted by Crippen LogP contribution is 2.32. The van der Waals surface area contributed by atoms with Crippen molar-refractivity contribution in [1.29, 1.82) is 0 Å². The zero-order valence-corrected chi connectivity index (χ0v) is 12.1. The Kier molecular flexibility index (Phi) is 4.39. The van der Waals surface area contributed by atoms with Crippen molar-refractivity contribution in [3.8, 4) is 0 Å². The van der Waals surface area contributed by atoms with Crippen LogP contribution in [-0.2, 0) is 6.18 Å². The number of benzene rings is 2. The molecule has 2 rings (SSSR count). The van der Waals surface area contributed by atoms with E-state index in [4.69, 9.17) is 29.6 Å². The molecule has 2 aromatic carbocycles. The van der Waals surface area contributed by atoms with Gasteiger partial charge in [0.25, 0.3) is 0 Å². The van der Waals surface area contributed by atoms with E-state index >= 15 is 0 Å². The zero-order chi connectivity index (χ0) is 15.6. The van der Waals surface area contributed by atoms with Gasteiger partial charge in [0.15, 0.2) is 0 Å². The van der Waals surface area contributed by atoms with Crippen LogP contribution >= 0.6 is 23.8 Å². The lowest BCUT2D eigenvalue weighted by Crippen LogP contribution is -2.12. The Labute approximate surface area is 129 Å². The molecule has 2 nitrogen and oxygen atoms in total. The van der Waals surface area contributed by atoms with Crippen LogP contribution in [0.1, 0.15) is 11.1 Å². The Hall–Kier alpha value is -1.79. The summed E-state index contributed by atoms with van der Waals surface area (Å²) in [6.45, 7) is 0. The van der Waals surface area contributed by atoms with Crippen LogP contribution in [0.3, 0.4) is 0 Å². The Bertz CT molecular complexity index is 686. The highest BCUT2D eigenvalue weighted by molar-refractivity contribution is 7.80. The molecule has 110 valence electrons. The van der Waals surface area contributed by atoms with E-state index in [9.17, 15) is 13.2 Å². The molecule has 3 N–H and O–H groups in total. The van der Waals surface area contributed by atoms with Crippen LogP contribution in [-0.4, -0.2) is 4.99 Å². The first-order valence-corrected chi connectivity index (χ1v) is 6.59. The Morgan fingerprint density at radius 3 is 2.48 bits per heavy atom. The number of hydrogen-bond donors (Lipinski definition) is 2. The third-order valence-electron chi connectivity index (χ3n) is 2.72. The predicted molar refractivity (Wildman–Crippen MR) is 82.1 cm³/mol. The second-order valence-electron chi connectivity index (χ2n) is 4.26. The van der Waals surface area contributed by atoms with Crippen LogP contribution in [0.4, 0.5) is 24.5 Å². The maximum Gasteiger partial charge on any atom is 0.416 e. The summed E-state index contributed by atoms with van der Waals surface area (Å²) in [5, 5.41) is 3.30. The topological polar surface area (TPSA) is 38.0 Å². The van der Waals surface area contributed by atoms with E-state index in [0.29, 0.717) is 16.3 Å². The molecule has 21 heavy (non-hydrogen) atoms. The number of rotatable bonds is 3. The molecule has 0 aliphatic heterocycles. The molecule has 0 saturated carbocycles. The van der Waals surface area contributed by atoms with E-state index in [-0.39, 0.29) is 10.7 Å². The first-order chi connectivity index (χ1) is 9.77. The number of thiocarbonyl (C=S) groups is 1. The molecule has 0 bridgehead atoms. The van der Waals surface area contributed by atoms with Gasteiger partial charge in [-0.3, -0.25) is 0 Å². The van der Waals surface area contributed by atoms with Gasteiger partial charge in [0, 0.05) is 22.0 Å². The fourth-order valence-corrected chi connectivity index (χ4v) is 2.10. The lowest BCUT2D eigenvalue weighted by molar-refractivity contribution is -0.137. The third kappa shape index (κ3) is 3.86. The van der Waals surface area contributed by atoms with E-state index in [0.717, 1.165) is 12.1 Å². The normalized spacial score (nSPS) is 11.2. The monoisotopic (exact) mass is 330 g/mol. The van der Waals surface area contributed by atoms with E-state index in [1.165, 1.54) is 12.1 Å². The molecular weight excluding hydrogens is 321 g/mol. The summed E-state index contributed by atoms with van der Waals surface area (Å²) in [5.41, 5.74) is 6.09. The molecular formula is C14H10ClF3N2S. The smallest absolute Gasteiger partial charge is 0.389 e. The van der Waals surface area contributed by atoms with Crippen LogP contribution in [0.2, 0.25) is 5.02 Å². The van der Waals surface area contributed by atoms with Gasteiger partial charge in [-0.25, -0.2) is 0 Å². The molecule has 0 spiro atoms. The number of hydrogen-bond acceptors (Lipinski definition) is 2. The lowest BCUT2D eigenvalue weighted by Gasteiger charge is -2.13. The molecule has 0 aromatic heterocycles. The molecule has 7 heteroatoms. The van der Waals surface area contributed by atoms with Gasteiger partial charge in [0.2, 0.25) is 0 Å². The Morgan fingerprint density at radius 1 is 1.14 bits per heavy atom. The standard InChI is InChI=1S/C14H10ClF3N2S/c15-9-4-5-12(11(7-9)13(19)21)20-10-3-1-2-8(6-10)14(16,17)18/h1-7,20H,(H2,19,21). The van der Waals surface area contributed by atoms with Gasteiger partial charge in [-0.15, -0.1) is 0 Å². The second-order valence-corrected chi connectivity index (χ2v) is 5.13. The minimum Gasteiger partial charge on any atom is -0.389 e.